The second-order valence-electron chi connectivity index (χ2n) is 10.6. The number of rotatable bonds is 10. The van der Waals surface area contributed by atoms with Crippen LogP contribution in [0, 0.1) is 5.82 Å². The first-order valence-corrected chi connectivity index (χ1v) is 12.1. The molecule has 0 unspecified atom stereocenters. The van der Waals surface area contributed by atoms with Gasteiger partial charge in [0.1, 0.15) is 23.2 Å². The molecule has 12 heteroatoms. The molecule has 0 aromatic heterocycles. The summed E-state index contributed by atoms with van der Waals surface area (Å²) in [6.45, 7) is 12.8. The number of carbonyl (C=O) groups is 2. The Bertz CT molecular complexity index is 910. The maximum Gasteiger partial charge on any atom is 0.481 e. The Morgan fingerprint density at radius 2 is 1.75 bits per heavy atom. The summed E-state index contributed by atoms with van der Waals surface area (Å²) in [5, 5.41) is 5.40. The topological polar surface area (TPSA) is 104 Å². The molecule has 1 aromatic rings. The van der Waals surface area contributed by atoms with Gasteiger partial charge in [-0.25, -0.2) is 9.18 Å². The molecule has 9 nitrogen and oxygen atoms in total. The molecule has 2 amide bonds. The molecule has 0 bridgehead atoms. The molecule has 1 aliphatic rings. The number of ether oxygens (including phenoxy) is 3. The van der Waals surface area contributed by atoms with E-state index in [2.05, 4.69) is 10.6 Å². The fourth-order valence-electron chi connectivity index (χ4n) is 3.28. The quantitative estimate of drug-likeness (QED) is 0.442. The van der Waals surface area contributed by atoms with Gasteiger partial charge in [0.25, 0.3) is 0 Å². The number of alkyl carbamates (subject to hydrolysis) is 1. The third-order valence-electron chi connectivity index (χ3n) is 5.86. The number of amides is 2. The third-order valence-corrected chi connectivity index (χ3v) is 6.16. The van der Waals surface area contributed by atoms with Crippen LogP contribution in [0.1, 0.15) is 54.9 Å². The van der Waals surface area contributed by atoms with Crippen molar-refractivity contribution in [3.8, 4) is 5.75 Å². The Kier molecular flexibility index (Phi) is 10.0. The zero-order valence-electron chi connectivity index (χ0n) is 22.2. The first kappa shape index (κ1) is 30.2. The van der Waals surface area contributed by atoms with E-state index in [9.17, 15) is 14.0 Å². The number of carbonyl (C=O) groups excluding carboxylic acids is 2. The van der Waals surface area contributed by atoms with Gasteiger partial charge in [0.15, 0.2) is 0 Å². The maximum atomic E-state index is 13.8. The molecular weight excluding hydrogens is 494 g/mol. The van der Waals surface area contributed by atoms with E-state index in [1.54, 1.807) is 26.8 Å². The van der Waals surface area contributed by atoms with Crippen LogP contribution in [0.4, 0.5) is 9.18 Å². The molecule has 1 saturated heterocycles. The van der Waals surface area contributed by atoms with Crippen molar-refractivity contribution in [1.29, 1.82) is 0 Å². The number of hydrogen-bond donors (Lipinski definition) is 2. The smallest absolute Gasteiger partial charge is 0.481 e. The van der Waals surface area contributed by atoms with Gasteiger partial charge in [-0.05, 0) is 60.6 Å². The number of nitrogens with one attached hydrogen (secondary N) is 2. The maximum absolute atomic E-state index is 13.8. The average Bonchev–Trinajstić information content (AvgIpc) is 2.95. The molecule has 1 heterocycles. The lowest BCUT2D eigenvalue weighted by Crippen LogP contribution is -2.56. The van der Waals surface area contributed by atoms with E-state index in [1.165, 1.54) is 19.2 Å². The van der Waals surface area contributed by atoms with E-state index in [4.69, 9.17) is 35.1 Å². The highest BCUT2D eigenvalue weighted by Crippen LogP contribution is 2.38. The minimum Gasteiger partial charge on any atom is -0.493 e. The molecule has 0 aliphatic carbocycles. The highest BCUT2D eigenvalue weighted by molar-refractivity contribution is 6.48. The van der Waals surface area contributed by atoms with Crippen molar-refractivity contribution in [2.24, 2.45) is 0 Å². The number of methoxy groups -OCH3 is 1. The minimum atomic E-state index is -1.03. The van der Waals surface area contributed by atoms with Gasteiger partial charge in [0.2, 0.25) is 5.91 Å². The van der Waals surface area contributed by atoms with Crippen LogP contribution >= 0.6 is 11.6 Å². The van der Waals surface area contributed by atoms with Crippen LogP contribution in [-0.2, 0) is 23.6 Å². The van der Waals surface area contributed by atoms with E-state index in [0.29, 0.717) is 5.75 Å². The molecule has 2 rings (SSSR count). The second-order valence-corrected chi connectivity index (χ2v) is 11.0. The van der Waals surface area contributed by atoms with Gasteiger partial charge in [-0.2, -0.15) is 0 Å². The van der Waals surface area contributed by atoms with Crippen molar-refractivity contribution in [2.75, 3.05) is 20.3 Å². The van der Waals surface area contributed by atoms with Crippen LogP contribution in [0.3, 0.4) is 0 Å². The molecular formula is C24H37BClFN2O7. The SMILES string of the molecule is COC[C@@H](NC(=O)OC(C)(C)C)C(=O)N[C@H](CCOc1ccc(Cl)c(F)c1)B1OC(C)(C)C(C)(C)O1. The standard InChI is InChI=1S/C24H37BClFN2O7/c1-22(2,3)34-21(31)28-18(14-32-8)20(30)29-19(25-35-23(4,5)24(6,7)36-25)11-12-33-15-9-10-16(26)17(27)13-15/h9-10,13,18-19H,11-12,14H2,1-8H3,(H,28,31)(H,29,30)/t18-,19-/m1/s1. The summed E-state index contributed by atoms with van der Waals surface area (Å²) in [5.41, 5.74) is -2.01. The van der Waals surface area contributed by atoms with Crippen molar-refractivity contribution in [2.45, 2.75) is 83.7 Å². The predicted molar refractivity (Wildman–Crippen MR) is 135 cm³/mol. The Hall–Kier alpha value is -2.08. The third kappa shape index (κ3) is 8.50. The van der Waals surface area contributed by atoms with Crippen molar-refractivity contribution in [1.82, 2.24) is 10.6 Å². The Labute approximate surface area is 217 Å². The second kappa shape index (κ2) is 12.0. The fourth-order valence-corrected chi connectivity index (χ4v) is 3.40. The molecule has 202 valence electrons. The molecule has 1 aromatic carbocycles. The first-order chi connectivity index (χ1) is 16.5. The highest BCUT2D eigenvalue weighted by atomic mass is 35.5. The lowest BCUT2D eigenvalue weighted by Gasteiger charge is -2.32. The molecule has 1 fully saturated rings. The largest absolute Gasteiger partial charge is 0.493 e. The Morgan fingerprint density at radius 3 is 2.28 bits per heavy atom. The van der Waals surface area contributed by atoms with Crippen LogP contribution in [0.25, 0.3) is 0 Å². The highest BCUT2D eigenvalue weighted by Gasteiger charge is 2.54. The Balaban J connectivity index is 2.14. The summed E-state index contributed by atoms with van der Waals surface area (Å²) < 4.78 is 42.1. The van der Waals surface area contributed by atoms with Gasteiger partial charge in [0.05, 0.1) is 35.4 Å². The Morgan fingerprint density at radius 1 is 1.14 bits per heavy atom. The van der Waals surface area contributed by atoms with Gasteiger partial charge in [-0.3, -0.25) is 4.79 Å². The van der Waals surface area contributed by atoms with E-state index < -0.39 is 53.7 Å². The lowest BCUT2D eigenvalue weighted by atomic mass is 9.76. The summed E-state index contributed by atoms with van der Waals surface area (Å²) >= 11 is 5.73. The van der Waals surface area contributed by atoms with E-state index >= 15 is 0 Å². The first-order valence-electron chi connectivity index (χ1n) is 11.8. The predicted octanol–water partition coefficient (Wildman–Crippen LogP) is 3.90. The number of hydrogen-bond acceptors (Lipinski definition) is 7. The van der Waals surface area contributed by atoms with Gasteiger partial charge < -0.3 is 34.2 Å². The van der Waals surface area contributed by atoms with E-state index in [0.717, 1.165) is 0 Å². The van der Waals surface area contributed by atoms with Crippen molar-refractivity contribution >= 4 is 30.7 Å². The molecule has 1 aliphatic heterocycles. The number of benzene rings is 1. The molecule has 36 heavy (non-hydrogen) atoms. The van der Waals surface area contributed by atoms with Crippen LogP contribution in [0.2, 0.25) is 5.02 Å². The fraction of sp³-hybridized carbons (Fsp3) is 0.667. The normalized spacial score (nSPS) is 18.3. The zero-order chi connectivity index (χ0) is 27.3. The van der Waals surface area contributed by atoms with E-state index in [-0.39, 0.29) is 24.7 Å². The lowest BCUT2D eigenvalue weighted by molar-refractivity contribution is -0.125. The van der Waals surface area contributed by atoms with Crippen LogP contribution in [-0.4, -0.2) is 68.2 Å². The summed E-state index contributed by atoms with van der Waals surface area (Å²) in [7, 11) is 0.621. The number of halogens is 2. The molecule has 0 radical (unpaired) electrons. The molecule has 0 saturated carbocycles. The van der Waals surface area contributed by atoms with Crippen LogP contribution < -0.4 is 15.4 Å². The van der Waals surface area contributed by atoms with Crippen molar-refractivity contribution in [3.05, 3.63) is 29.0 Å². The molecule has 2 atom stereocenters. The van der Waals surface area contributed by atoms with Crippen LogP contribution in [0.15, 0.2) is 18.2 Å². The molecule has 2 N–H and O–H groups in total. The molecule has 0 spiro atoms. The van der Waals surface area contributed by atoms with Gasteiger partial charge in [-0.15, -0.1) is 0 Å². The van der Waals surface area contributed by atoms with Gasteiger partial charge in [0, 0.05) is 19.6 Å². The monoisotopic (exact) mass is 530 g/mol. The van der Waals surface area contributed by atoms with Gasteiger partial charge in [-0.1, -0.05) is 11.6 Å². The van der Waals surface area contributed by atoms with E-state index in [1.807, 2.05) is 27.7 Å². The summed E-state index contributed by atoms with van der Waals surface area (Å²) in [6, 6.07) is 3.11. The summed E-state index contributed by atoms with van der Waals surface area (Å²) in [4.78, 5) is 25.4. The van der Waals surface area contributed by atoms with Crippen molar-refractivity contribution < 1.29 is 37.5 Å². The zero-order valence-corrected chi connectivity index (χ0v) is 23.0. The van der Waals surface area contributed by atoms with Crippen LogP contribution in [0.5, 0.6) is 5.75 Å². The minimum absolute atomic E-state index is 0.00798. The van der Waals surface area contributed by atoms with Crippen molar-refractivity contribution in [3.63, 3.8) is 0 Å². The summed E-state index contributed by atoms with van der Waals surface area (Å²) in [5.74, 6) is -1.48. The summed E-state index contributed by atoms with van der Waals surface area (Å²) in [6.07, 6.45) is -0.487. The average molecular weight is 531 g/mol. The van der Waals surface area contributed by atoms with Gasteiger partial charge >= 0.3 is 13.2 Å².